The standard InChI is InChI=1S/C14H24ClN3/c1-5-11(4)18(7-3)14-8-12(9-16-6-2)13(15)10-17-14/h8,10-11,16H,5-7,9H2,1-4H3. The third-order valence-corrected chi connectivity index (χ3v) is 3.58. The van der Waals surface area contributed by atoms with Crippen LogP contribution in [0.2, 0.25) is 5.02 Å². The molecule has 0 saturated carbocycles. The third kappa shape index (κ3) is 3.85. The maximum Gasteiger partial charge on any atom is 0.129 e. The van der Waals surface area contributed by atoms with Crippen LogP contribution in [0.15, 0.2) is 12.3 Å². The summed E-state index contributed by atoms with van der Waals surface area (Å²) in [5.74, 6) is 1.02. The number of halogens is 1. The summed E-state index contributed by atoms with van der Waals surface area (Å²) in [6.45, 7) is 11.4. The number of hydrogen-bond donors (Lipinski definition) is 1. The Morgan fingerprint density at radius 3 is 2.67 bits per heavy atom. The zero-order valence-electron chi connectivity index (χ0n) is 11.8. The Balaban J connectivity index is 2.94. The second-order valence-electron chi connectivity index (χ2n) is 4.46. The van der Waals surface area contributed by atoms with Gasteiger partial charge in [0.25, 0.3) is 0 Å². The topological polar surface area (TPSA) is 28.2 Å². The molecule has 1 unspecified atom stereocenters. The first-order chi connectivity index (χ1) is 8.63. The van der Waals surface area contributed by atoms with Gasteiger partial charge in [-0.3, -0.25) is 0 Å². The fraction of sp³-hybridized carbons (Fsp3) is 0.643. The predicted molar refractivity (Wildman–Crippen MR) is 79.4 cm³/mol. The van der Waals surface area contributed by atoms with E-state index in [0.717, 1.165) is 42.5 Å². The molecule has 3 nitrogen and oxygen atoms in total. The summed E-state index contributed by atoms with van der Waals surface area (Å²) in [5, 5.41) is 4.04. The average Bonchev–Trinajstić information content (AvgIpc) is 2.39. The lowest BCUT2D eigenvalue weighted by atomic mass is 10.2. The van der Waals surface area contributed by atoms with E-state index in [1.54, 1.807) is 6.20 Å². The van der Waals surface area contributed by atoms with Crippen LogP contribution in [0.1, 0.15) is 39.7 Å². The maximum atomic E-state index is 6.17. The number of nitrogens with one attached hydrogen (secondary N) is 1. The quantitative estimate of drug-likeness (QED) is 0.822. The Morgan fingerprint density at radius 2 is 2.11 bits per heavy atom. The molecular formula is C14H24ClN3. The Hall–Kier alpha value is -0.800. The van der Waals surface area contributed by atoms with Gasteiger partial charge in [0, 0.05) is 25.3 Å². The van der Waals surface area contributed by atoms with Gasteiger partial charge < -0.3 is 10.2 Å². The van der Waals surface area contributed by atoms with Gasteiger partial charge in [0.1, 0.15) is 5.82 Å². The molecule has 1 aromatic rings. The highest BCUT2D eigenvalue weighted by Crippen LogP contribution is 2.22. The van der Waals surface area contributed by atoms with Gasteiger partial charge in [-0.25, -0.2) is 4.98 Å². The SMILES string of the molecule is CCNCc1cc(N(CC)C(C)CC)ncc1Cl. The van der Waals surface area contributed by atoms with Crippen molar-refractivity contribution in [3.05, 3.63) is 22.8 Å². The van der Waals surface area contributed by atoms with Gasteiger partial charge in [0.2, 0.25) is 0 Å². The van der Waals surface area contributed by atoms with Crippen molar-refractivity contribution >= 4 is 17.4 Å². The molecule has 1 rings (SSSR count). The molecule has 0 bridgehead atoms. The molecule has 102 valence electrons. The number of anilines is 1. The van der Waals surface area contributed by atoms with E-state index in [0.29, 0.717) is 6.04 Å². The Bertz CT molecular complexity index is 368. The van der Waals surface area contributed by atoms with E-state index in [2.05, 4.69) is 49.0 Å². The smallest absolute Gasteiger partial charge is 0.129 e. The molecule has 4 heteroatoms. The minimum absolute atomic E-state index is 0.496. The molecule has 1 N–H and O–H groups in total. The number of rotatable bonds is 7. The number of nitrogens with zero attached hydrogens (tertiary/aromatic N) is 2. The highest BCUT2D eigenvalue weighted by atomic mass is 35.5. The van der Waals surface area contributed by atoms with Crippen LogP contribution in [0, 0.1) is 0 Å². The third-order valence-electron chi connectivity index (χ3n) is 3.24. The van der Waals surface area contributed by atoms with E-state index in [1.165, 1.54) is 0 Å². The molecule has 1 aromatic heterocycles. The summed E-state index contributed by atoms with van der Waals surface area (Å²) in [6, 6.07) is 2.59. The summed E-state index contributed by atoms with van der Waals surface area (Å²) in [4.78, 5) is 6.76. The molecule has 1 atom stereocenters. The lowest BCUT2D eigenvalue weighted by Crippen LogP contribution is -2.33. The molecule has 0 aliphatic heterocycles. The first-order valence-corrected chi connectivity index (χ1v) is 7.13. The van der Waals surface area contributed by atoms with Gasteiger partial charge >= 0.3 is 0 Å². The molecule has 0 aromatic carbocycles. The van der Waals surface area contributed by atoms with Gasteiger partial charge in [-0.15, -0.1) is 0 Å². The number of pyridine rings is 1. The Morgan fingerprint density at radius 1 is 1.39 bits per heavy atom. The van der Waals surface area contributed by atoms with Crippen LogP contribution in [-0.4, -0.2) is 24.1 Å². The highest BCUT2D eigenvalue weighted by Gasteiger charge is 2.13. The number of hydrogen-bond acceptors (Lipinski definition) is 3. The molecule has 1 heterocycles. The van der Waals surface area contributed by atoms with Crippen LogP contribution < -0.4 is 10.2 Å². The summed E-state index contributed by atoms with van der Waals surface area (Å²) < 4.78 is 0. The van der Waals surface area contributed by atoms with Crippen molar-refractivity contribution in [2.24, 2.45) is 0 Å². The second kappa shape index (κ2) is 7.59. The van der Waals surface area contributed by atoms with Crippen LogP contribution >= 0.6 is 11.6 Å². The summed E-state index contributed by atoms with van der Waals surface area (Å²) in [5.41, 5.74) is 1.12. The Labute approximate surface area is 116 Å². The van der Waals surface area contributed by atoms with Crippen molar-refractivity contribution in [2.75, 3.05) is 18.0 Å². The Kier molecular flexibility index (Phi) is 6.44. The van der Waals surface area contributed by atoms with Crippen LogP contribution in [0.4, 0.5) is 5.82 Å². The normalized spacial score (nSPS) is 12.5. The van der Waals surface area contributed by atoms with Crippen LogP contribution in [0.25, 0.3) is 0 Å². The minimum Gasteiger partial charge on any atom is -0.354 e. The molecule has 0 aliphatic carbocycles. The van der Waals surface area contributed by atoms with Gasteiger partial charge in [-0.05, 0) is 38.4 Å². The van der Waals surface area contributed by atoms with E-state index in [-0.39, 0.29) is 0 Å². The van der Waals surface area contributed by atoms with Crippen LogP contribution in [0.3, 0.4) is 0 Å². The van der Waals surface area contributed by atoms with Gasteiger partial charge in [0.05, 0.1) is 5.02 Å². The van der Waals surface area contributed by atoms with Crippen molar-refractivity contribution in [3.63, 3.8) is 0 Å². The zero-order chi connectivity index (χ0) is 13.5. The molecule has 0 amide bonds. The lowest BCUT2D eigenvalue weighted by molar-refractivity contribution is 0.622. The first-order valence-electron chi connectivity index (χ1n) is 6.75. The molecule has 0 fully saturated rings. The van der Waals surface area contributed by atoms with Crippen LogP contribution in [-0.2, 0) is 6.54 Å². The van der Waals surface area contributed by atoms with Gasteiger partial charge in [0.15, 0.2) is 0 Å². The van der Waals surface area contributed by atoms with Crippen molar-refractivity contribution in [1.82, 2.24) is 10.3 Å². The first kappa shape index (κ1) is 15.3. The van der Waals surface area contributed by atoms with E-state index < -0.39 is 0 Å². The fourth-order valence-corrected chi connectivity index (χ4v) is 2.11. The molecular weight excluding hydrogens is 246 g/mol. The molecule has 0 saturated heterocycles. The van der Waals surface area contributed by atoms with Gasteiger partial charge in [-0.2, -0.15) is 0 Å². The van der Waals surface area contributed by atoms with Gasteiger partial charge in [-0.1, -0.05) is 25.4 Å². The summed E-state index contributed by atoms with van der Waals surface area (Å²) >= 11 is 6.17. The molecule has 0 aliphatic rings. The lowest BCUT2D eigenvalue weighted by Gasteiger charge is -2.28. The van der Waals surface area contributed by atoms with E-state index in [1.807, 2.05) is 0 Å². The largest absolute Gasteiger partial charge is 0.354 e. The summed E-state index contributed by atoms with van der Waals surface area (Å²) in [7, 11) is 0. The minimum atomic E-state index is 0.496. The maximum absolute atomic E-state index is 6.17. The van der Waals surface area contributed by atoms with Crippen molar-refractivity contribution in [1.29, 1.82) is 0 Å². The predicted octanol–water partition coefficient (Wildman–Crippen LogP) is 3.47. The fourth-order valence-electron chi connectivity index (χ4n) is 1.94. The summed E-state index contributed by atoms with van der Waals surface area (Å²) in [6.07, 6.45) is 2.87. The average molecular weight is 270 g/mol. The van der Waals surface area contributed by atoms with Crippen molar-refractivity contribution in [3.8, 4) is 0 Å². The van der Waals surface area contributed by atoms with E-state index in [4.69, 9.17) is 11.6 Å². The highest BCUT2D eigenvalue weighted by molar-refractivity contribution is 6.31. The molecule has 0 spiro atoms. The monoisotopic (exact) mass is 269 g/mol. The van der Waals surface area contributed by atoms with E-state index >= 15 is 0 Å². The zero-order valence-corrected chi connectivity index (χ0v) is 12.6. The molecule has 18 heavy (non-hydrogen) atoms. The molecule has 0 radical (unpaired) electrons. The van der Waals surface area contributed by atoms with Crippen LogP contribution in [0.5, 0.6) is 0 Å². The van der Waals surface area contributed by atoms with E-state index in [9.17, 15) is 0 Å². The van der Waals surface area contributed by atoms with Crippen molar-refractivity contribution in [2.45, 2.75) is 46.7 Å². The second-order valence-corrected chi connectivity index (χ2v) is 4.86. The number of aromatic nitrogens is 1. The van der Waals surface area contributed by atoms with Crippen molar-refractivity contribution < 1.29 is 0 Å².